The van der Waals surface area contributed by atoms with Gasteiger partial charge in [0.1, 0.15) is 0 Å². The van der Waals surface area contributed by atoms with Crippen LogP contribution in [0, 0.1) is 11.8 Å². The van der Waals surface area contributed by atoms with Crippen molar-refractivity contribution in [2.24, 2.45) is 16.8 Å². The number of aromatic nitrogens is 2. The SMILES string of the molecule is C=N/C(OC)=C(F)\C(=C/C)C1CCC([C@@H](CC)NC(=O)c2cnc(OC)nc2)CC1. The molecule has 2 rings (SSSR count). The average molecular weight is 419 g/mol. The van der Waals surface area contributed by atoms with E-state index in [4.69, 9.17) is 9.47 Å². The van der Waals surface area contributed by atoms with Gasteiger partial charge < -0.3 is 14.8 Å². The molecule has 1 aliphatic rings. The van der Waals surface area contributed by atoms with Gasteiger partial charge in [0.15, 0.2) is 5.83 Å². The van der Waals surface area contributed by atoms with Gasteiger partial charge >= 0.3 is 6.01 Å². The molecule has 0 bridgehead atoms. The van der Waals surface area contributed by atoms with Crippen LogP contribution in [-0.4, -0.2) is 42.9 Å². The third kappa shape index (κ3) is 5.64. The molecule has 1 saturated carbocycles. The summed E-state index contributed by atoms with van der Waals surface area (Å²) >= 11 is 0. The summed E-state index contributed by atoms with van der Waals surface area (Å²) in [5, 5.41) is 3.11. The molecule has 8 heteroatoms. The number of carbonyl (C=O) groups excluding carboxylic acids is 1. The summed E-state index contributed by atoms with van der Waals surface area (Å²) in [6.07, 6.45) is 8.99. The summed E-state index contributed by atoms with van der Waals surface area (Å²) < 4.78 is 24.6. The number of carbonyl (C=O) groups is 1. The lowest BCUT2D eigenvalue weighted by atomic mass is 9.75. The molecule has 1 aromatic heterocycles. The number of amides is 1. The molecule has 164 valence electrons. The number of allylic oxidation sites excluding steroid dienone is 3. The predicted octanol–water partition coefficient (Wildman–Crippen LogP) is 4.23. The first-order chi connectivity index (χ1) is 14.5. The third-order valence-corrected chi connectivity index (χ3v) is 5.70. The number of ether oxygens (including phenoxy) is 2. The van der Waals surface area contributed by atoms with Crippen LogP contribution in [0.5, 0.6) is 6.01 Å². The minimum atomic E-state index is -0.446. The van der Waals surface area contributed by atoms with E-state index in [-0.39, 0.29) is 29.8 Å². The lowest BCUT2D eigenvalue weighted by Crippen LogP contribution is -2.41. The average Bonchev–Trinajstić information content (AvgIpc) is 2.79. The molecular formula is C22H31FN4O3. The van der Waals surface area contributed by atoms with Crippen molar-refractivity contribution in [3.05, 3.63) is 41.3 Å². The standard InChI is InChI=1S/C22H31FN4O3/c1-6-17(19(23)21(24-3)29-4)14-8-10-15(11-9-14)18(7-2)27-20(28)16-12-25-22(30-5)26-13-16/h6,12-15,18H,3,7-11H2,1-2,4-5H3,(H,27,28)/b17-6-,21-19-/t14?,15?,18-/m1/s1. The van der Waals surface area contributed by atoms with Crippen LogP contribution in [0.2, 0.25) is 0 Å². The Morgan fingerprint density at radius 1 is 1.33 bits per heavy atom. The van der Waals surface area contributed by atoms with Crippen LogP contribution in [-0.2, 0) is 4.74 Å². The van der Waals surface area contributed by atoms with Gasteiger partial charge in [-0.3, -0.25) is 4.79 Å². The fourth-order valence-electron chi connectivity index (χ4n) is 4.07. The highest BCUT2D eigenvalue weighted by atomic mass is 19.1. The van der Waals surface area contributed by atoms with Crippen LogP contribution in [0.25, 0.3) is 0 Å². The van der Waals surface area contributed by atoms with Gasteiger partial charge in [0.25, 0.3) is 5.91 Å². The van der Waals surface area contributed by atoms with Crippen LogP contribution in [0.3, 0.4) is 0 Å². The van der Waals surface area contributed by atoms with Gasteiger partial charge in [-0.2, -0.15) is 0 Å². The lowest BCUT2D eigenvalue weighted by molar-refractivity contribution is 0.0906. The molecule has 30 heavy (non-hydrogen) atoms. The van der Waals surface area contributed by atoms with Gasteiger partial charge in [-0.25, -0.2) is 19.4 Å². The molecule has 1 atom stereocenters. The molecule has 0 unspecified atom stereocenters. The molecule has 0 radical (unpaired) electrons. The summed E-state index contributed by atoms with van der Waals surface area (Å²) in [5.41, 5.74) is 1.01. The van der Waals surface area contributed by atoms with E-state index in [2.05, 4.69) is 33.9 Å². The van der Waals surface area contributed by atoms with Gasteiger partial charge in [-0.05, 0) is 63.2 Å². The number of hydrogen-bond acceptors (Lipinski definition) is 6. The third-order valence-electron chi connectivity index (χ3n) is 5.70. The molecule has 1 aromatic rings. The molecule has 7 nitrogen and oxygen atoms in total. The maximum absolute atomic E-state index is 14.7. The fraction of sp³-hybridized carbons (Fsp3) is 0.545. The Labute approximate surface area is 177 Å². The maximum Gasteiger partial charge on any atom is 0.316 e. The number of aliphatic imine (C=N–C) groups is 1. The summed E-state index contributed by atoms with van der Waals surface area (Å²) in [4.78, 5) is 24.2. The maximum atomic E-state index is 14.7. The van der Waals surface area contributed by atoms with Crippen molar-refractivity contribution in [2.75, 3.05) is 14.2 Å². The number of nitrogens with one attached hydrogen (secondary N) is 1. The highest BCUT2D eigenvalue weighted by Gasteiger charge is 2.31. The normalized spacial score (nSPS) is 21.3. The van der Waals surface area contributed by atoms with E-state index in [0.717, 1.165) is 32.1 Å². The highest BCUT2D eigenvalue weighted by Crippen LogP contribution is 2.39. The lowest BCUT2D eigenvalue weighted by Gasteiger charge is -2.34. The number of methoxy groups -OCH3 is 2. The van der Waals surface area contributed by atoms with Crippen LogP contribution >= 0.6 is 0 Å². The zero-order valence-corrected chi connectivity index (χ0v) is 18.2. The zero-order valence-electron chi connectivity index (χ0n) is 18.2. The number of rotatable bonds is 9. The van der Waals surface area contributed by atoms with Crippen molar-refractivity contribution in [3.63, 3.8) is 0 Å². The second-order valence-corrected chi connectivity index (χ2v) is 7.28. The largest absolute Gasteiger partial charge is 0.479 e. The summed E-state index contributed by atoms with van der Waals surface area (Å²) in [7, 11) is 2.86. The van der Waals surface area contributed by atoms with Crippen molar-refractivity contribution in [3.8, 4) is 6.01 Å². The minimum absolute atomic E-state index is 0.0411. The Hall–Kier alpha value is -2.77. The van der Waals surface area contributed by atoms with Gasteiger partial charge in [0.05, 0.1) is 19.8 Å². The Morgan fingerprint density at radius 2 is 1.97 bits per heavy atom. The number of halogens is 1. The zero-order chi connectivity index (χ0) is 22.1. The predicted molar refractivity (Wildman–Crippen MR) is 114 cm³/mol. The van der Waals surface area contributed by atoms with Crippen LogP contribution in [0.15, 0.2) is 40.7 Å². The van der Waals surface area contributed by atoms with Crippen LogP contribution in [0.1, 0.15) is 56.3 Å². The first kappa shape index (κ1) is 23.5. The van der Waals surface area contributed by atoms with Crippen molar-refractivity contribution < 1.29 is 18.7 Å². The first-order valence-electron chi connectivity index (χ1n) is 10.2. The molecule has 1 fully saturated rings. The first-order valence-corrected chi connectivity index (χ1v) is 10.2. The van der Waals surface area contributed by atoms with Gasteiger partial charge in [0, 0.05) is 18.4 Å². The quantitative estimate of drug-likeness (QED) is 0.368. The van der Waals surface area contributed by atoms with Gasteiger partial charge in [-0.1, -0.05) is 13.0 Å². The van der Waals surface area contributed by atoms with E-state index >= 15 is 0 Å². The minimum Gasteiger partial charge on any atom is -0.479 e. The van der Waals surface area contributed by atoms with Gasteiger partial charge in [0.2, 0.25) is 5.88 Å². The number of hydrogen-bond donors (Lipinski definition) is 1. The van der Waals surface area contributed by atoms with Crippen LogP contribution in [0.4, 0.5) is 4.39 Å². The summed E-state index contributed by atoms with van der Waals surface area (Å²) in [5.74, 6) is -0.291. The smallest absolute Gasteiger partial charge is 0.316 e. The molecule has 1 N–H and O–H groups in total. The van der Waals surface area contributed by atoms with Crippen molar-refractivity contribution in [2.45, 2.75) is 52.0 Å². The molecule has 0 spiro atoms. The van der Waals surface area contributed by atoms with Crippen molar-refractivity contribution in [1.29, 1.82) is 0 Å². The van der Waals surface area contributed by atoms with E-state index in [9.17, 15) is 9.18 Å². The molecule has 0 aromatic carbocycles. The van der Waals surface area contributed by atoms with E-state index < -0.39 is 5.83 Å². The monoisotopic (exact) mass is 418 g/mol. The molecule has 0 saturated heterocycles. The molecule has 1 heterocycles. The molecule has 0 aliphatic heterocycles. The Kier molecular flexibility index (Phi) is 8.95. The van der Waals surface area contributed by atoms with E-state index in [1.807, 2.05) is 6.92 Å². The fourth-order valence-corrected chi connectivity index (χ4v) is 4.07. The molecule has 1 aliphatic carbocycles. The summed E-state index contributed by atoms with van der Waals surface area (Å²) in [6, 6.07) is 0.264. The van der Waals surface area contributed by atoms with E-state index in [0.29, 0.717) is 17.1 Å². The second kappa shape index (κ2) is 11.4. The summed E-state index contributed by atoms with van der Waals surface area (Å²) in [6.45, 7) is 7.25. The highest BCUT2D eigenvalue weighted by molar-refractivity contribution is 5.93. The van der Waals surface area contributed by atoms with Crippen LogP contribution < -0.4 is 10.1 Å². The number of nitrogens with zero attached hydrogens (tertiary/aromatic N) is 3. The molecular weight excluding hydrogens is 387 g/mol. The Morgan fingerprint density at radius 3 is 2.43 bits per heavy atom. The second-order valence-electron chi connectivity index (χ2n) is 7.28. The molecule has 1 amide bonds. The Bertz CT molecular complexity index is 784. The topological polar surface area (TPSA) is 85.7 Å². The van der Waals surface area contributed by atoms with Gasteiger partial charge in [-0.15, -0.1) is 0 Å². The van der Waals surface area contributed by atoms with E-state index in [1.165, 1.54) is 26.6 Å². The van der Waals surface area contributed by atoms with Crippen molar-refractivity contribution >= 4 is 12.6 Å². The van der Waals surface area contributed by atoms with E-state index in [1.54, 1.807) is 6.08 Å². The Balaban J connectivity index is 2.00. The van der Waals surface area contributed by atoms with Crippen molar-refractivity contribution in [1.82, 2.24) is 15.3 Å².